The normalized spacial score (nSPS) is 7.38. The van der Waals surface area contributed by atoms with Crippen molar-refractivity contribution >= 4 is 7.82 Å². The van der Waals surface area contributed by atoms with Crippen molar-refractivity contribution < 1.29 is 157 Å². The third-order valence-electron chi connectivity index (χ3n) is 0. The fourth-order valence-corrected chi connectivity index (χ4v) is 0. The number of phosphoric acid groups is 1. The van der Waals surface area contributed by atoms with Gasteiger partial charge in [-0.25, -0.2) is 0 Å². The van der Waals surface area contributed by atoms with Crippen LogP contribution in [0.3, 0.4) is 0 Å². The molecule has 0 aliphatic rings. The van der Waals surface area contributed by atoms with Gasteiger partial charge in [-0.15, -0.1) is 0 Å². The zero-order chi connectivity index (χ0) is 4.50. The van der Waals surface area contributed by atoms with E-state index in [4.69, 9.17) is 19.2 Å². The summed E-state index contributed by atoms with van der Waals surface area (Å²) < 4.78 is 8.66. The fraction of sp³-hybridized carbons (Fsp3) is 0. The molecule has 0 saturated heterocycles. The molecule has 0 aromatic heterocycles. The molecule has 0 radical (unpaired) electrons. The van der Waals surface area contributed by atoms with Crippen LogP contribution in [0.1, 0.15) is 0 Å². The van der Waals surface area contributed by atoms with E-state index < -0.39 is 7.82 Å². The van der Waals surface area contributed by atoms with Gasteiger partial charge < -0.3 is 19.2 Å². The van der Waals surface area contributed by atoms with Gasteiger partial charge in [-0.05, 0) is 0 Å². The second-order valence-electron chi connectivity index (χ2n) is 0.469. The van der Waals surface area contributed by atoms with Crippen LogP contribution < -0.4 is 126 Å². The largest absolute Gasteiger partial charge is 1.00 e. The molecule has 8 heteroatoms. The average Bonchev–Trinajstić information content (AvgIpc) is 0.722. The van der Waals surface area contributed by atoms with Crippen LogP contribution >= 0.6 is 7.82 Å². The van der Waals surface area contributed by atoms with Gasteiger partial charge in [-0.1, -0.05) is 0 Å². The first-order valence-electron chi connectivity index (χ1n) is 0.748. The maximum absolute atomic E-state index is 8.66. The summed E-state index contributed by atoms with van der Waals surface area (Å²) >= 11 is 0. The molecule has 0 rings (SSSR count). The van der Waals surface area contributed by atoms with Crippen LogP contribution in [0.5, 0.6) is 0 Å². The molecule has 4 nitrogen and oxygen atoms in total. The molecule has 0 saturated carbocycles. The number of rotatable bonds is 0. The minimum atomic E-state index is -5.14. The van der Waals surface area contributed by atoms with Gasteiger partial charge in [0, 0.05) is 21.7 Å². The van der Waals surface area contributed by atoms with Gasteiger partial charge in [0.2, 0.25) is 0 Å². The maximum Gasteiger partial charge on any atom is 1.00 e. The van der Waals surface area contributed by atoms with E-state index in [1.807, 2.05) is 0 Å². The summed E-state index contributed by atoms with van der Waals surface area (Å²) in [6, 6.07) is 0. The molecule has 0 amide bonds. The van der Waals surface area contributed by atoms with E-state index in [1.165, 1.54) is 0 Å². The van der Waals surface area contributed by atoms with Gasteiger partial charge >= 0.3 is 116 Å². The Balaban J connectivity index is -0.0000000267. The second-order valence-corrected chi connectivity index (χ2v) is 1.41. The zero-order valence-electron chi connectivity index (χ0n) is 4.62. The van der Waals surface area contributed by atoms with E-state index in [9.17, 15) is 0 Å². The van der Waals surface area contributed by atoms with E-state index in [1.54, 1.807) is 0 Å². The van der Waals surface area contributed by atoms with Gasteiger partial charge in [-0.2, -0.15) is 0 Å². The Morgan fingerprint density at radius 2 is 1.25 bits per heavy atom. The van der Waals surface area contributed by atoms with E-state index in [2.05, 4.69) is 0 Å². The molecule has 0 unspecified atom stereocenters. The van der Waals surface area contributed by atoms with Gasteiger partial charge in [-0.3, -0.25) is 0 Å². The Hall–Kier alpha value is 4.43. The van der Waals surface area contributed by atoms with Crippen LogP contribution in [0.2, 0.25) is 0 Å². The quantitative estimate of drug-likeness (QED) is 0.356. The molecule has 8 heavy (non-hydrogen) atoms. The van der Waals surface area contributed by atoms with E-state index in [-0.39, 0.29) is 138 Å². The minimum absolute atomic E-state index is 0. The first-order chi connectivity index (χ1) is 2.00. The average molecular weight is 315 g/mol. The molecule has 0 aliphatic heterocycles. The molecular weight excluding hydrogens is 314 g/mol. The fourth-order valence-electron chi connectivity index (χ4n) is 0. The molecule has 0 spiro atoms. The van der Waals surface area contributed by atoms with Crippen molar-refractivity contribution in [2.75, 3.05) is 0 Å². The topological polar surface area (TPSA) is 83.4 Å². The van der Waals surface area contributed by atoms with Crippen molar-refractivity contribution in [1.29, 1.82) is 0 Å². The summed E-state index contributed by atoms with van der Waals surface area (Å²) in [5, 5.41) is 0. The minimum Gasteiger partial charge on any atom is -0.790 e. The summed E-state index contributed by atoms with van der Waals surface area (Å²) in [5.74, 6) is 0. The van der Waals surface area contributed by atoms with E-state index in [0.29, 0.717) is 0 Å². The van der Waals surface area contributed by atoms with Gasteiger partial charge in [0.05, 0.1) is 7.82 Å². The SMILES string of the molecule is O=P([O-])([O-])O.[Rb+].[Rb+].[Ti]. The van der Waals surface area contributed by atoms with Gasteiger partial charge in [0.15, 0.2) is 0 Å². The molecule has 0 aromatic rings. The van der Waals surface area contributed by atoms with Crippen LogP contribution in [-0.4, -0.2) is 4.89 Å². The molecule has 0 aromatic carbocycles. The molecular formula is HO4PRb2Ti. The van der Waals surface area contributed by atoms with Gasteiger partial charge in [0.1, 0.15) is 0 Å². The molecule has 0 atom stereocenters. The Morgan fingerprint density at radius 3 is 1.25 bits per heavy atom. The first-order valence-corrected chi connectivity index (χ1v) is 2.24. The molecule has 0 heterocycles. The Kier molecular flexibility index (Phi) is 32.7. The monoisotopic (exact) mass is 314 g/mol. The van der Waals surface area contributed by atoms with Crippen molar-refractivity contribution in [3.8, 4) is 0 Å². The predicted molar refractivity (Wildman–Crippen MR) is 9.83 cm³/mol. The third-order valence-corrected chi connectivity index (χ3v) is 0. The van der Waals surface area contributed by atoms with Crippen LogP contribution in [0, 0.1) is 0 Å². The smallest absolute Gasteiger partial charge is 0.790 e. The summed E-state index contributed by atoms with van der Waals surface area (Å²) in [7, 11) is -5.14. The van der Waals surface area contributed by atoms with Crippen molar-refractivity contribution in [2.45, 2.75) is 0 Å². The second kappa shape index (κ2) is 11.4. The van der Waals surface area contributed by atoms with Crippen LogP contribution in [0.25, 0.3) is 0 Å². The number of hydrogen-bond donors (Lipinski definition) is 1. The van der Waals surface area contributed by atoms with Crippen LogP contribution in [0.15, 0.2) is 0 Å². The van der Waals surface area contributed by atoms with E-state index >= 15 is 0 Å². The first kappa shape index (κ1) is 22.9. The van der Waals surface area contributed by atoms with Crippen molar-refractivity contribution in [1.82, 2.24) is 0 Å². The maximum atomic E-state index is 8.66. The molecule has 1 N–H and O–H groups in total. The molecule has 0 bridgehead atoms. The van der Waals surface area contributed by atoms with Crippen molar-refractivity contribution in [2.24, 2.45) is 0 Å². The van der Waals surface area contributed by atoms with Crippen molar-refractivity contribution in [3.05, 3.63) is 0 Å². The zero-order valence-corrected chi connectivity index (χ0v) is 16.9. The molecule has 36 valence electrons. The van der Waals surface area contributed by atoms with Crippen molar-refractivity contribution in [3.63, 3.8) is 0 Å². The Morgan fingerprint density at radius 1 is 1.25 bits per heavy atom. The standard InChI is InChI=1S/H3O4P.2Rb.Ti/c1-5(2,3)4;;;/h(H3,1,2,3,4);;;/q;2*+1;/p-2. The molecule has 0 aliphatic carbocycles. The molecule has 0 fully saturated rings. The van der Waals surface area contributed by atoms with E-state index in [0.717, 1.165) is 0 Å². The number of hydrogen-bond acceptors (Lipinski definition) is 3. The summed E-state index contributed by atoms with van der Waals surface area (Å²) in [6.45, 7) is 0. The van der Waals surface area contributed by atoms with Gasteiger partial charge in [0.25, 0.3) is 0 Å². The summed E-state index contributed by atoms with van der Waals surface area (Å²) in [4.78, 5) is 24.3. The third kappa shape index (κ3) is 47.2. The summed E-state index contributed by atoms with van der Waals surface area (Å²) in [6.07, 6.45) is 0. The van der Waals surface area contributed by atoms with Crippen LogP contribution in [0.4, 0.5) is 0 Å². The Bertz CT molecular complexity index is 60.2. The Labute approximate surface area is 160 Å². The van der Waals surface area contributed by atoms with Crippen LogP contribution in [-0.2, 0) is 26.3 Å². The predicted octanol–water partition coefficient (Wildman–Crippen LogP) is -8.19. The summed E-state index contributed by atoms with van der Waals surface area (Å²) in [5.41, 5.74) is 0.